The van der Waals surface area contributed by atoms with Crippen molar-refractivity contribution in [3.05, 3.63) is 0 Å². The predicted octanol–water partition coefficient (Wildman–Crippen LogP) is -3.56. The number of piperidine rings is 1. The molecule has 2 aliphatic heterocycles. The van der Waals surface area contributed by atoms with Gasteiger partial charge in [-0.1, -0.05) is 19.3 Å². The van der Waals surface area contributed by atoms with Crippen molar-refractivity contribution in [1.29, 1.82) is 5.41 Å². The monoisotopic (exact) mass is 524 g/mol. The number of fused-ring (bicyclic) bond motifs is 1. The van der Waals surface area contributed by atoms with Crippen LogP contribution in [-0.2, 0) is 25.7 Å². The average Bonchev–Trinajstić information content (AvgIpc) is 3.34. The number of rotatable bonds is 8. The zero-order chi connectivity index (χ0) is 25.1. The molecule has 0 aromatic heterocycles. The number of amides is 2. The van der Waals surface area contributed by atoms with E-state index < -0.39 is 29.5 Å². The molecule has 0 aromatic rings. The Labute approximate surface area is 231 Å². The van der Waals surface area contributed by atoms with E-state index in [1.807, 2.05) is 0 Å². The Balaban J connectivity index is 0.00000114. The molecule has 1 unspecified atom stereocenters. The summed E-state index contributed by atoms with van der Waals surface area (Å²) in [6.45, 7) is 1.97. The van der Waals surface area contributed by atoms with Gasteiger partial charge in [0.2, 0.25) is 11.8 Å². The minimum absolute atomic E-state index is 0. The van der Waals surface area contributed by atoms with E-state index in [1.165, 1.54) is 24.2 Å². The number of imide groups is 1. The molecule has 12 nitrogen and oxygen atoms in total. The van der Waals surface area contributed by atoms with Crippen molar-refractivity contribution in [1.82, 2.24) is 20.9 Å². The Hall–Kier alpha value is -0.930. The van der Waals surface area contributed by atoms with Gasteiger partial charge < -0.3 is 35.6 Å². The molecule has 35 heavy (non-hydrogen) atoms. The van der Waals surface area contributed by atoms with Crippen LogP contribution in [0.1, 0.15) is 57.8 Å². The maximum Gasteiger partial charge on any atom is 1.00 e. The molecule has 2 saturated heterocycles. The van der Waals surface area contributed by atoms with Crippen molar-refractivity contribution in [3.8, 4) is 0 Å². The number of carbonyl (C=O) groups excluding carboxylic acids is 3. The molecule has 3 aliphatic rings. The molecule has 194 valence electrons. The van der Waals surface area contributed by atoms with Gasteiger partial charge in [0.05, 0.1) is 29.5 Å². The van der Waals surface area contributed by atoms with Crippen LogP contribution in [0.5, 0.6) is 0 Å². The van der Waals surface area contributed by atoms with E-state index in [0.717, 1.165) is 32.4 Å². The Morgan fingerprint density at radius 2 is 1.80 bits per heavy atom. The van der Waals surface area contributed by atoms with Crippen molar-refractivity contribution < 1.29 is 57.3 Å². The normalized spacial score (nSPS) is 27.0. The van der Waals surface area contributed by atoms with Gasteiger partial charge in [0.15, 0.2) is 5.96 Å². The topological polar surface area (TPSA) is 201 Å². The molecular formula is C21H37N6NaO6S. The first-order valence-corrected chi connectivity index (χ1v) is 12.9. The number of aldehydes is 1. The van der Waals surface area contributed by atoms with Gasteiger partial charge in [0.1, 0.15) is 6.29 Å². The van der Waals surface area contributed by atoms with Gasteiger partial charge in [-0.15, -0.1) is 0 Å². The molecule has 3 fully saturated rings. The van der Waals surface area contributed by atoms with Crippen molar-refractivity contribution in [2.24, 2.45) is 17.6 Å². The minimum atomic E-state index is -2.86. The standard InChI is InChI=1S/C21H36N6O3.Na.H2O3S/c22-21(23)25-10-3-7-16(13-28)27(19(29)17-8-4-9-24-17)20(30)18-11-14-5-1-2-6-15(14)12-26-18;;1-4(2)3/h13-18,24,26H,1-12H2,(H4,22,23,25);;(H2,1,2,3)/q;+1;/p-1/t14-,15+,16-,17-,18-;;/m0../s1. The Morgan fingerprint density at radius 3 is 2.37 bits per heavy atom. The summed E-state index contributed by atoms with van der Waals surface area (Å²) in [4.78, 5) is 39.9. The van der Waals surface area contributed by atoms with Gasteiger partial charge >= 0.3 is 29.6 Å². The SMILES string of the molecule is N=C(N)NCCC[C@@H](C=O)N(C(=O)[C@@H]1CCCN1)C(=O)[C@@H]1C[C@@H]2CCCC[C@@H]2CN1.O=S([O-])O.[Na+]. The van der Waals surface area contributed by atoms with Crippen molar-refractivity contribution in [2.75, 3.05) is 19.6 Å². The van der Waals surface area contributed by atoms with Crippen molar-refractivity contribution in [2.45, 2.75) is 75.9 Å². The fourth-order valence-corrected chi connectivity index (χ4v) is 5.19. The van der Waals surface area contributed by atoms with E-state index in [0.29, 0.717) is 43.9 Å². The summed E-state index contributed by atoms with van der Waals surface area (Å²) in [5.41, 5.74) is 5.30. The Morgan fingerprint density at radius 1 is 1.17 bits per heavy atom. The minimum Gasteiger partial charge on any atom is -0.750 e. The zero-order valence-electron chi connectivity index (χ0n) is 20.4. The molecule has 0 radical (unpaired) electrons. The van der Waals surface area contributed by atoms with E-state index >= 15 is 0 Å². The van der Waals surface area contributed by atoms with Crippen LogP contribution in [0.3, 0.4) is 0 Å². The number of carbonyl (C=O) groups is 3. The third kappa shape index (κ3) is 10.5. The van der Waals surface area contributed by atoms with Gasteiger partial charge in [-0.3, -0.25) is 19.9 Å². The van der Waals surface area contributed by atoms with E-state index in [9.17, 15) is 14.4 Å². The van der Waals surface area contributed by atoms with E-state index in [-0.39, 0.29) is 47.3 Å². The molecule has 0 spiro atoms. The number of guanidine groups is 1. The Kier molecular flexibility index (Phi) is 15.4. The summed E-state index contributed by atoms with van der Waals surface area (Å²) in [6.07, 6.45) is 8.70. The molecule has 1 aliphatic carbocycles. The maximum atomic E-state index is 13.5. The van der Waals surface area contributed by atoms with Gasteiger partial charge in [-0.05, 0) is 63.5 Å². The predicted molar refractivity (Wildman–Crippen MR) is 125 cm³/mol. The van der Waals surface area contributed by atoms with Gasteiger partial charge in [-0.25, -0.2) is 4.21 Å². The average molecular weight is 525 g/mol. The first-order chi connectivity index (χ1) is 16.2. The number of hydrogen-bond acceptors (Lipinski definition) is 8. The number of hydrogen-bond donors (Lipinski definition) is 6. The summed E-state index contributed by atoms with van der Waals surface area (Å²) in [5, 5.41) is 16.5. The molecule has 1 saturated carbocycles. The third-order valence-corrected chi connectivity index (χ3v) is 6.84. The third-order valence-electron chi connectivity index (χ3n) is 6.84. The van der Waals surface area contributed by atoms with Gasteiger partial charge in [0.25, 0.3) is 0 Å². The summed E-state index contributed by atoms with van der Waals surface area (Å²) in [6, 6.07) is -1.61. The van der Waals surface area contributed by atoms with Crippen molar-refractivity contribution in [3.63, 3.8) is 0 Å². The quantitative estimate of drug-likeness (QED) is 0.0351. The van der Waals surface area contributed by atoms with Gasteiger partial charge in [0, 0.05) is 6.54 Å². The first-order valence-electron chi connectivity index (χ1n) is 11.9. The van der Waals surface area contributed by atoms with Crippen LogP contribution in [0.2, 0.25) is 0 Å². The zero-order valence-corrected chi connectivity index (χ0v) is 23.2. The summed E-state index contributed by atoms with van der Waals surface area (Å²) >= 11 is -2.86. The summed E-state index contributed by atoms with van der Waals surface area (Å²) < 4.78 is 24.1. The van der Waals surface area contributed by atoms with Crippen LogP contribution in [0, 0.1) is 17.2 Å². The van der Waals surface area contributed by atoms with E-state index in [2.05, 4.69) is 16.0 Å². The molecule has 3 rings (SSSR count). The van der Waals surface area contributed by atoms with Crippen LogP contribution in [0.15, 0.2) is 0 Å². The van der Waals surface area contributed by atoms with Crippen LogP contribution in [-0.4, -0.2) is 80.0 Å². The fraction of sp³-hybridized carbons (Fsp3) is 0.810. The molecule has 0 aromatic carbocycles. The largest absolute Gasteiger partial charge is 1.00 e. The number of nitrogens with zero attached hydrogens (tertiary/aromatic N) is 1. The Bertz CT molecular complexity index is 737. The van der Waals surface area contributed by atoms with Crippen LogP contribution < -0.4 is 51.2 Å². The van der Waals surface area contributed by atoms with Crippen LogP contribution in [0.25, 0.3) is 0 Å². The second-order valence-corrected chi connectivity index (χ2v) is 9.53. The second-order valence-electron chi connectivity index (χ2n) is 9.10. The number of nitrogens with two attached hydrogens (primary N) is 1. The van der Waals surface area contributed by atoms with Crippen molar-refractivity contribution >= 4 is 35.4 Å². The van der Waals surface area contributed by atoms with Crippen LogP contribution in [0.4, 0.5) is 0 Å². The molecule has 7 N–H and O–H groups in total. The smallest absolute Gasteiger partial charge is 0.750 e. The fourth-order valence-electron chi connectivity index (χ4n) is 5.19. The molecule has 2 amide bonds. The summed E-state index contributed by atoms with van der Waals surface area (Å²) in [5.74, 6) is 0.439. The molecule has 2 heterocycles. The van der Waals surface area contributed by atoms with E-state index in [4.69, 9.17) is 24.5 Å². The number of nitrogens with one attached hydrogen (secondary N) is 4. The molecule has 0 bridgehead atoms. The van der Waals surface area contributed by atoms with Crippen LogP contribution >= 0.6 is 0 Å². The molecule has 14 heteroatoms. The second kappa shape index (κ2) is 16.7. The molecule has 6 atom stereocenters. The van der Waals surface area contributed by atoms with E-state index in [1.54, 1.807) is 0 Å². The van der Waals surface area contributed by atoms with Gasteiger partial charge in [-0.2, -0.15) is 0 Å². The first kappa shape index (κ1) is 32.1. The molecular weight excluding hydrogens is 487 g/mol. The maximum absolute atomic E-state index is 13.5. The summed E-state index contributed by atoms with van der Waals surface area (Å²) in [7, 11) is 0.